The minimum atomic E-state index is -4.85. The molecule has 0 bridgehead atoms. The second-order valence-electron chi connectivity index (χ2n) is 2.97. The summed E-state index contributed by atoms with van der Waals surface area (Å²) in [6.45, 7) is 1.96. The number of aliphatic hydroxyl groups excluding tert-OH is 1. The van der Waals surface area contributed by atoms with E-state index in [-0.39, 0.29) is 6.08 Å². The van der Waals surface area contributed by atoms with Gasteiger partial charge in [-0.3, -0.25) is 4.79 Å². The first-order chi connectivity index (χ1) is 6.88. The van der Waals surface area contributed by atoms with Crippen LogP contribution >= 0.6 is 0 Å². The molecule has 2 nitrogen and oxygen atoms in total. The summed E-state index contributed by atoms with van der Waals surface area (Å²) in [5.41, 5.74) is 0. The maximum absolute atomic E-state index is 11.8. The van der Waals surface area contributed by atoms with Gasteiger partial charge in [-0.25, -0.2) is 0 Å². The van der Waals surface area contributed by atoms with Crippen molar-refractivity contribution < 1.29 is 23.1 Å². The van der Waals surface area contributed by atoms with Crippen LogP contribution in [0.1, 0.15) is 26.2 Å². The number of alkyl halides is 3. The fraction of sp³-hybridized carbons (Fsp3) is 0.500. The molecule has 0 aromatic rings. The van der Waals surface area contributed by atoms with Gasteiger partial charge in [0.05, 0.1) is 0 Å². The van der Waals surface area contributed by atoms with Crippen molar-refractivity contribution in [3.63, 3.8) is 0 Å². The molecule has 0 atom stereocenters. The van der Waals surface area contributed by atoms with Crippen LogP contribution in [0, 0.1) is 0 Å². The van der Waals surface area contributed by atoms with Crippen LogP contribution in [0.15, 0.2) is 24.0 Å². The molecule has 1 N–H and O–H groups in total. The second-order valence-corrected chi connectivity index (χ2v) is 2.97. The number of carbonyl (C=O) groups is 1. The molecular weight excluding hydrogens is 209 g/mol. The Balaban J connectivity index is 4.19. The highest BCUT2D eigenvalue weighted by molar-refractivity contribution is 5.99. The van der Waals surface area contributed by atoms with Crippen LogP contribution in [0.25, 0.3) is 0 Å². The first-order valence-corrected chi connectivity index (χ1v) is 4.56. The van der Waals surface area contributed by atoms with E-state index in [9.17, 15) is 18.0 Å². The minimum Gasteiger partial charge on any atom is -0.504 e. The Hall–Kier alpha value is -1.26. The number of aliphatic hydroxyl groups is 1. The normalized spacial score (nSPS) is 13.5. The van der Waals surface area contributed by atoms with Crippen molar-refractivity contribution in [3.8, 4) is 0 Å². The molecule has 15 heavy (non-hydrogen) atoms. The van der Waals surface area contributed by atoms with Gasteiger partial charge in [0.25, 0.3) is 0 Å². The first-order valence-electron chi connectivity index (χ1n) is 4.56. The molecule has 5 heteroatoms. The van der Waals surface area contributed by atoms with Crippen LogP contribution in [-0.4, -0.2) is 17.1 Å². The van der Waals surface area contributed by atoms with Crippen molar-refractivity contribution >= 4 is 5.78 Å². The molecule has 0 aliphatic carbocycles. The van der Waals surface area contributed by atoms with Gasteiger partial charge in [-0.2, -0.15) is 13.2 Å². The van der Waals surface area contributed by atoms with E-state index in [0.29, 0.717) is 6.42 Å². The van der Waals surface area contributed by atoms with Gasteiger partial charge in [0.1, 0.15) is 0 Å². The fourth-order valence-electron chi connectivity index (χ4n) is 0.786. The molecule has 0 heterocycles. The van der Waals surface area contributed by atoms with Gasteiger partial charge in [-0.1, -0.05) is 25.8 Å². The van der Waals surface area contributed by atoms with Gasteiger partial charge in [-0.05, 0) is 12.5 Å². The van der Waals surface area contributed by atoms with Crippen molar-refractivity contribution in [1.29, 1.82) is 0 Å². The lowest BCUT2D eigenvalue weighted by Crippen LogP contribution is -2.12. The van der Waals surface area contributed by atoms with Crippen LogP contribution in [0.2, 0.25) is 0 Å². The van der Waals surface area contributed by atoms with Gasteiger partial charge >= 0.3 is 6.18 Å². The number of unbranched alkanes of at least 4 members (excludes halogenated alkanes) is 2. The predicted octanol–water partition coefficient (Wildman–Crippen LogP) is 3.31. The molecule has 0 unspecified atom stereocenters. The van der Waals surface area contributed by atoms with E-state index in [1.807, 2.05) is 6.92 Å². The Morgan fingerprint density at radius 1 is 1.40 bits per heavy atom. The van der Waals surface area contributed by atoms with Crippen LogP contribution in [0.3, 0.4) is 0 Å². The third kappa shape index (κ3) is 6.76. The molecule has 0 aromatic carbocycles. The van der Waals surface area contributed by atoms with Crippen molar-refractivity contribution in [1.82, 2.24) is 0 Å². The summed E-state index contributed by atoms with van der Waals surface area (Å²) in [7, 11) is 0. The molecule has 0 saturated carbocycles. The van der Waals surface area contributed by atoms with Gasteiger partial charge in [0, 0.05) is 6.08 Å². The number of ketones is 1. The maximum atomic E-state index is 11.8. The van der Waals surface area contributed by atoms with E-state index >= 15 is 0 Å². The Bertz CT molecular complexity index is 264. The molecule has 0 aliphatic heterocycles. The standard InChI is InChI=1S/C10H13F3O2/c1-2-3-4-5-6-8(14)7-9(15)10(11,12)13/h5-7,15H,2-4H2,1H3/b6-5+,9-7-. The summed E-state index contributed by atoms with van der Waals surface area (Å²) < 4.78 is 35.3. The summed E-state index contributed by atoms with van der Waals surface area (Å²) in [5.74, 6) is -2.73. The Labute approximate surface area is 86.1 Å². The first kappa shape index (κ1) is 13.7. The Morgan fingerprint density at radius 2 is 2.00 bits per heavy atom. The number of hydrogen-bond donors (Lipinski definition) is 1. The molecule has 0 rings (SSSR count). The van der Waals surface area contributed by atoms with Gasteiger partial charge < -0.3 is 5.11 Å². The monoisotopic (exact) mass is 222 g/mol. The zero-order valence-corrected chi connectivity index (χ0v) is 8.34. The van der Waals surface area contributed by atoms with Crippen molar-refractivity contribution in [2.24, 2.45) is 0 Å². The van der Waals surface area contributed by atoms with Crippen LogP contribution in [0.5, 0.6) is 0 Å². The minimum absolute atomic E-state index is 0.169. The molecule has 0 fully saturated rings. The molecule has 0 radical (unpaired) electrons. The van der Waals surface area contributed by atoms with Crippen molar-refractivity contribution in [2.45, 2.75) is 32.4 Å². The number of rotatable bonds is 5. The molecule has 0 amide bonds. The Morgan fingerprint density at radius 3 is 2.47 bits per heavy atom. The lowest BCUT2D eigenvalue weighted by molar-refractivity contribution is -0.124. The second kappa shape index (κ2) is 6.27. The van der Waals surface area contributed by atoms with Gasteiger partial charge in [0.2, 0.25) is 5.76 Å². The predicted molar refractivity (Wildman–Crippen MR) is 50.4 cm³/mol. The lowest BCUT2D eigenvalue weighted by atomic mass is 10.2. The zero-order valence-electron chi connectivity index (χ0n) is 8.34. The molecule has 0 spiro atoms. The lowest BCUT2D eigenvalue weighted by Gasteiger charge is -2.02. The van der Waals surface area contributed by atoms with Crippen LogP contribution in [0.4, 0.5) is 13.2 Å². The largest absolute Gasteiger partial charge is 0.504 e. The fourth-order valence-corrected chi connectivity index (χ4v) is 0.786. The highest BCUT2D eigenvalue weighted by Crippen LogP contribution is 2.22. The van der Waals surface area contributed by atoms with Crippen LogP contribution < -0.4 is 0 Å². The Kier molecular flexibility index (Phi) is 5.74. The summed E-state index contributed by atoms with van der Waals surface area (Å²) in [4.78, 5) is 10.8. The van der Waals surface area contributed by atoms with Gasteiger partial charge in [0.15, 0.2) is 5.78 Å². The third-order valence-corrected chi connectivity index (χ3v) is 1.58. The molecule has 0 aromatic heterocycles. The zero-order chi connectivity index (χ0) is 11.9. The molecule has 86 valence electrons. The van der Waals surface area contributed by atoms with Crippen molar-refractivity contribution in [3.05, 3.63) is 24.0 Å². The SMILES string of the molecule is CCCC/C=C/C(=O)/C=C(\O)C(F)(F)F. The summed E-state index contributed by atoms with van der Waals surface area (Å²) in [6.07, 6.45) is 0.294. The van der Waals surface area contributed by atoms with E-state index < -0.39 is 17.7 Å². The number of halogens is 3. The average molecular weight is 222 g/mol. The van der Waals surface area contributed by atoms with E-state index in [1.165, 1.54) is 6.08 Å². The number of allylic oxidation sites excluding steroid dienone is 4. The number of hydrogen-bond acceptors (Lipinski definition) is 2. The van der Waals surface area contributed by atoms with Gasteiger partial charge in [-0.15, -0.1) is 0 Å². The number of carbonyl (C=O) groups excluding carboxylic acids is 1. The van der Waals surface area contributed by atoms with E-state index in [4.69, 9.17) is 5.11 Å². The highest BCUT2D eigenvalue weighted by Gasteiger charge is 2.34. The highest BCUT2D eigenvalue weighted by atomic mass is 19.4. The molecule has 0 saturated heterocycles. The summed E-state index contributed by atoms with van der Waals surface area (Å²) in [5, 5.41) is 8.44. The molecular formula is C10H13F3O2. The van der Waals surface area contributed by atoms with Crippen molar-refractivity contribution in [2.75, 3.05) is 0 Å². The maximum Gasteiger partial charge on any atom is 0.448 e. The summed E-state index contributed by atoms with van der Waals surface area (Å²) >= 11 is 0. The van der Waals surface area contributed by atoms with E-state index in [2.05, 4.69) is 0 Å². The average Bonchev–Trinajstić information content (AvgIpc) is 2.11. The topological polar surface area (TPSA) is 37.3 Å². The third-order valence-electron chi connectivity index (χ3n) is 1.58. The summed E-state index contributed by atoms with van der Waals surface area (Å²) in [6, 6.07) is 0. The van der Waals surface area contributed by atoms with Crippen LogP contribution in [-0.2, 0) is 4.79 Å². The van der Waals surface area contributed by atoms with E-state index in [0.717, 1.165) is 18.9 Å². The smallest absolute Gasteiger partial charge is 0.448 e. The van der Waals surface area contributed by atoms with E-state index in [1.54, 1.807) is 0 Å². The molecule has 0 aliphatic rings. The quantitative estimate of drug-likeness (QED) is 0.440.